The summed E-state index contributed by atoms with van der Waals surface area (Å²) in [5.41, 5.74) is 3.79. The molecule has 0 saturated carbocycles. The Hall–Kier alpha value is -3.19. The third kappa shape index (κ3) is 4.96. The zero-order valence-corrected chi connectivity index (χ0v) is 20.6. The highest BCUT2D eigenvalue weighted by molar-refractivity contribution is 7.99. The Kier molecular flexibility index (Phi) is 6.86. The quantitative estimate of drug-likeness (QED) is 0.0844. The van der Waals surface area contributed by atoms with Crippen LogP contribution in [-0.4, -0.2) is 46.8 Å². The maximum absolute atomic E-state index is 11.1. The molecule has 4 heterocycles. The minimum Gasteiger partial charge on any atom is -0.358 e. The molecule has 0 fully saturated rings. The number of pyridine rings is 1. The second kappa shape index (κ2) is 10.2. The first-order valence-electron chi connectivity index (χ1n) is 10.6. The van der Waals surface area contributed by atoms with Crippen LogP contribution in [0.5, 0.6) is 0 Å². The Morgan fingerprint density at radius 1 is 1.23 bits per heavy atom. The molecule has 13 heteroatoms. The average Bonchev–Trinajstić information content (AvgIpc) is 3.48. The van der Waals surface area contributed by atoms with Crippen LogP contribution in [-0.2, 0) is 6.54 Å². The number of H-pyrrole nitrogens is 1. The van der Waals surface area contributed by atoms with E-state index in [1.165, 1.54) is 22.5 Å². The fourth-order valence-electron chi connectivity index (χ4n) is 3.56. The molecule has 1 atom stereocenters. The molecule has 0 bridgehead atoms. The van der Waals surface area contributed by atoms with Crippen molar-refractivity contribution < 1.29 is 4.92 Å². The molecule has 178 valence electrons. The van der Waals surface area contributed by atoms with Gasteiger partial charge in [0.2, 0.25) is 5.65 Å². The number of hydrogen-bond donors (Lipinski definition) is 3. The molecule has 0 radical (unpaired) electrons. The van der Waals surface area contributed by atoms with Gasteiger partial charge in [-0.05, 0) is 34.8 Å². The number of aromatic amines is 1. The number of aromatic nitrogens is 6. The first-order chi connectivity index (χ1) is 17.0. The number of thiol groups is 1. The van der Waals surface area contributed by atoms with E-state index in [0.717, 1.165) is 16.6 Å². The number of thioether (sulfide) groups is 1. The van der Waals surface area contributed by atoms with Gasteiger partial charge >= 0.3 is 5.82 Å². The van der Waals surface area contributed by atoms with Gasteiger partial charge in [-0.1, -0.05) is 33.3 Å². The fraction of sp³-hybridized carbons (Fsp3) is 0.182. The van der Waals surface area contributed by atoms with Crippen molar-refractivity contribution in [3.05, 3.63) is 87.1 Å². The Bertz CT molecular complexity index is 1490. The summed E-state index contributed by atoms with van der Waals surface area (Å²) in [6.07, 6.45) is 2.92. The topological polar surface area (TPSA) is 127 Å². The number of halogens is 1. The SMILES string of the molecule is O=[N+]([O-])c1cnc2ccc(SCCNCc3ccnc(C(S)c4nc5ccccc5[nH]4)c3Cl)nn12. The number of nitrogens with zero attached hydrogens (tertiary/aromatic N) is 6. The van der Waals surface area contributed by atoms with E-state index in [2.05, 4.69) is 30.4 Å². The van der Waals surface area contributed by atoms with Crippen LogP contribution in [0.25, 0.3) is 16.7 Å². The monoisotopic (exact) mass is 526 g/mol. The van der Waals surface area contributed by atoms with Crippen molar-refractivity contribution in [3.63, 3.8) is 0 Å². The molecular weight excluding hydrogens is 508 g/mol. The molecule has 0 aliphatic heterocycles. The van der Waals surface area contributed by atoms with Crippen molar-refractivity contribution >= 4 is 58.5 Å². The van der Waals surface area contributed by atoms with E-state index in [9.17, 15) is 10.1 Å². The van der Waals surface area contributed by atoms with E-state index in [1.807, 2.05) is 30.3 Å². The number of benzene rings is 1. The molecule has 5 rings (SSSR count). The predicted molar refractivity (Wildman–Crippen MR) is 138 cm³/mol. The fourth-order valence-corrected chi connectivity index (χ4v) is 5.00. The number of nitro groups is 1. The maximum atomic E-state index is 11.1. The maximum Gasteiger partial charge on any atom is 0.368 e. The van der Waals surface area contributed by atoms with Gasteiger partial charge < -0.3 is 20.4 Å². The van der Waals surface area contributed by atoms with Gasteiger partial charge in [-0.15, -0.1) is 11.8 Å². The summed E-state index contributed by atoms with van der Waals surface area (Å²) in [5.74, 6) is 1.24. The Morgan fingerprint density at radius 3 is 2.91 bits per heavy atom. The number of hydrogen-bond acceptors (Lipinski definition) is 9. The lowest BCUT2D eigenvalue weighted by atomic mass is 10.1. The van der Waals surface area contributed by atoms with E-state index >= 15 is 0 Å². The minimum absolute atomic E-state index is 0.158. The van der Waals surface area contributed by atoms with Gasteiger partial charge in [0.05, 0.1) is 21.7 Å². The summed E-state index contributed by atoms with van der Waals surface area (Å²) in [7, 11) is 0. The molecule has 0 amide bonds. The lowest BCUT2D eigenvalue weighted by Gasteiger charge is -2.13. The summed E-state index contributed by atoms with van der Waals surface area (Å²) in [5, 5.41) is 19.6. The number of nitrogens with one attached hydrogen (secondary N) is 2. The molecule has 5 aromatic rings. The summed E-state index contributed by atoms with van der Waals surface area (Å²) >= 11 is 12.9. The van der Waals surface area contributed by atoms with Gasteiger partial charge in [-0.25, -0.2) is 9.97 Å². The van der Waals surface area contributed by atoms with E-state index in [1.54, 1.807) is 18.3 Å². The third-order valence-electron chi connectivity index (χ3n) is 5.27. The summed E-state index contributed by atoms with van der Waals surface area (Å²) in [6, 6.07) is 13.2. The number of fused-ring (bicyclic) bond motifs is 2. The molecule has 4 aromatic heterocycles. The van der Waals surface area contributed by atoms with Crippen LogP contribution in [0, 0.1) is 10.1 Å². The van der Waals surface area contributed by atoms with Crippen LogP contribution in [0.3, 0.4) is 0 Å². The normalized spacial score (nSPS) is 12.4. The van der Waals surface area contributed by atoms with E-state index in [0.29, 0.717) is 46.1 Å². The molecule has 2 N–H and O–H groups in total. The molecule has 35 heavy (non-hydrogen) atoms. The molecule has 1 unspecified atom stereocenters. The smallest absolute Gasteiger partial charge is 0.358 e. The van der Waals surface area contributed by atoms with Crippen LogP contribution < -0.4 is 5.32 Å². The van der Waals surface area contributed by atoms with Gasteiger partial charge in [-0.2, -0.15) is 12.6 Å². The standard InChI is InChI=1S/C22H19ClN8O2S2/c23-19-13(7-8-25-20(19)21(34)22-27-14-3-1-2-4-15(14)28-22)11-24-9-10-35-17-6-5-16-26-12-18(31(32)33)30(16)29-17/h1-8,12,21,24,34H,9-11H2,(H,27,28). The zero-order valence-electron chi connectivity index (χ0n) is 18.1. The van der Waals surface area contributed by atoms with Gasteiger partial charge in [0.25, 0.3) is 0 Å². The molecule has 0 saturated heterocycles. The molecule has 1 aromatic carbocycles. The van der Waals surface area contributed by atoms with Crippen LogP contribution in [0.1, 0.15) is 22.3 Å². The highest BCUT2D eigenvalue weighted by Gasteiger charge is 2.20. The van der Waals surface area contributed by atoms with Crippen LogP contribution in [0.15, 0.2) is 59.9 Å². The first-order valence-corrected chi connectivity index (χ1v) is 12.5. The lowest BCUT2D eigenvalue weighted by Crippen LogP contribution is -2.17. The van der Waals surface area contributed by atoms with Gasteiger partial charge in [0.1, 0.15) is 22.3 Å². The first kappa shape index (κ1) is 23.5. The van der Waals surface area contributed by atoms with E-state index in [4.69, 9.17) is 24.2 Å². The van der Waals surface area contributed by atoms with Crippen LogP contribution in [0.4, 0.5) is 5.82 Å². The molecule has 0 spiro atoms. The van der Waals surface area contributed by atoms with Crippen molar-refractivity contribution in [1.29, 1.82) is 0 Å². The van der Waals surface area contributed by atoms with E-state index < -0.39 is 10.2 Å². The number of para-hydroxylation sites is 2. The zero-order chi connectivity index (χ0) is 24.4. The largest absolute Gasteiger partial charge is 0.368 e. The van der Waals surface area contributed by atoms with Gasteiger partial charge in [0.15, 0.2) is 0 Å². The summed E-state index contributed by atoms with van der Waals surface area (Å²) in [4.78, 5) is 26.9. The van der Waals surface area contributed by atoms with Crippen LogP contribution >= 0.6 is 36.0 Å². The number of imidazole rings is 2. The minimum atomic E-state index is -0.501. The highest BCUT2D eigenvalue weighted by Crippen LogP contribution is 2.33. The van der Waals surface area contributed by atoms with E-state index in [-0.39, 0.29) is 5.82 Å². The van der Waals surface area contributed by atoms with Crippen molar-refractivity contribution in [2.45, 2.75) is 16.8 Å². The summed E-state index contributed by atoms with van der Waals surface area (Å²) < 4.78 is 1.24. The average molecular weight is 527 g/mol. The van der Waals surface area contributed by atoms with Crippen molar-refractivity contribution in [2.24, 2.45) is 0 Å². The van der Waals surface area contributed by atoms with Gasteiger partial charge in [-0.3, -0.25) is 4.98 Å². The second-order valence-corrected chi connectivity index (χ2v) is 9.56. The molecular formula is C22H19ClN8O2S2. The Morgan fingerprint density at radius 2 is 2.09 bits per heavy atom. The van der Waals surface area contributed by atoms with Gasteiger partial charge in [0, 0.05) is 31.1 Å². The van der Waals surface area contributed by atoms with Crippen molar-refractivity contribution in [3.8, 4) is 0 Å². The Balaban J connectivity index is 1.19. The lowest BCUT2D eigenvalue weighted by molar-refractivity contribution is -0.391. The Labute approximate surface area is 214 Å². The third-order valence-corrected chi connectivity index (χ3v) is 7.12. The second-order valence-electron chi connectivity index (χ2n) is 7.55. The number of rotatable bonds is 9. The van der Waals surface area contributed by atoms with Crippen LogP contribution in [0.2, 0.25) is 5.02 Å². The van der Waals surface area contributed by atoms with Crippen molar-refractivity contribution in [2.75, 3.05) is 12.3 Å². The highest BCUT2D eigenvalue weighted by atomic mass is 35.5. The van der Waals surface area contributed by atoms with Crippen molar-refractivity contribution in [1.82, 2.24) is 34.9 Å². The summed E-state index contributed by atoms with van der Waals surface area (Å²) in [6.45, 7) is 1.23. The predicted octanol–water partition coefficient (Wildman–Crippen LogP) is 4.46. The molecule has 10 nitrogen and oxygen atoms in total. The molecule has 0 aliphatic carbocycles. The molecule has 0 aliphatic rings.